The zero-order valence-electron chi connectivity index (χ0n) is 14.3. The molecule has 0 aromatic heterocycles. The van der Waals surface area contributed by atoms with Crippen LogP contribution in [0.5, 0.6) is 5.75 Å². The first-order valence-corrected chi connectivity index (χ1v) is 9.55. The lowest BCUT2D eigenvalue weighted by molar-refractivity contribution is 0.287. The van der Waals surface area contributed by atoms with Gasteiger partial charge in [-0.2, -0.15) is 4.31 Å². The molecule has 0 aliphatic carbocycles. The van der Waals surface area contributed by atoms with E-state index < -0.39 is 10.0 Å². The van der Waals surface area contributed by atoms with Crippen molar-refractivity contribution in [1.82, 2.24) is 4.31 Å². The maximum absolute atomic E-state index is 12.7. The van der Waals surface area contributed by atoms with Gasteiger partial charge in [-0.15, -0.1) is 0 Å². The monoisotopic (exact) mass is 355 g/mol. The van der Waals surface area contributed by atoms with Gasteiger partial charge < -0.3 is 4.74 Å². The highest BCUT2D eigenvalue weighted by molar-refractivity contribution is 7.89. The molecule has 3 aromatic rings. The van der Waals surface area contributed by atoms with Gasteiger partial charge in [0.2, 0.25) is 10.0 Å². The summed E-state index contributed by atoms with van der Waals surface area (Å²) in [5.41, 5.74) is 1.16. The molecule has 0 bridgehead atoms. The van der Waals surface area contributed by atoms with E-state index in [4.69, 9.17) is 4.74 Å². The van der Waals surface area contributed by atoms with E-state index in [1.807, 2.05) is 61.5 Å². The lowest BCUT2D eigenvalue weighted by Crippen LogP contribution is -2.31. The number of likely N-dealkylation sites (N-methyl/N-ethyl adjacent to an activating group) is 1. The number of hydrogen-bond donors (Lipinski definition) is 0. The number of ether oxygens (including phenoxy) is 1. The minimum Gasteiger partial charge on any atom is -0.492 e. The van der Waals surface area contributed by atoms with Gasteiger partial charge in [-0.25, -0.2) is 8.42 Å². The molecule has 4 nitrogen and oxygen atoms in total. The third-order valence-electron chi connectivity index (χ3n) is 4.12. The Bertz CT molecular complexity index is 966. The topological polar surface area (TPSA) is 46.6 Å². The molecule has 0 radical (unpaired) electrons. The number of aryl methyl sites for hydroxylation is 1. The van der Waals surface area contributed by atoms with Gasteiger partial charge in [-0.3, -0.25) is 0 Å². The number of fused-ring (bicyclic) bond motifs is 1. The van der Waals surface area contributed by atoms with Crippen molar-refractivity contribution in [1.29, 1.82) is 0 Å². The van der Waals surface area contributed by atoms with E-state index in [2.05, 4.69) is 0 Å². The van der Waals surface area contributed by atoms with Crippen molar-refractivity contribution in [2.45, 2.75) is 11.8 Å². The van der Waals surface area contributed by atoms with E-state index in [0.717, 1.165) is 22.1 Å². The van der Waals surface area contributed by atoms with Crippen molar-refractivity contribution in [3.8, 4) is 5.75 Å². The van der Waals surface area contributed by atoms with Gasteiger partial charge in [-0.05, 0) is 42.0 Å². The molecule has 3 aromatic carbocycles. The van der Waals surface area contributed by atoms with Crippen LogP contribution < -0.4 is 4.74 Å². The second-order valence-electron chi connectivity index (χ2n) is 6.00. The predicted octanol–water partition coefficient (Wildman–Crippen LogP) is 3.85. The van der Waals surface area contributed by atoms with Crippen molar-refractivity contribution in [2.75, 3.05) is 20.2 Å². The number of hydrogen-bond acceptors (Lipinski definition) is 3. The molecule has 25 heavy (non-hydrogen) atoms. The molecule has 130 valence electrons. The molecular weight excluding hydrogens is 334 g/mol. The Morgan fingerprint density at radius 1 is 0.920 bits per heavy atom. The summed E-state index contributed by atoms with van der Waals surface area (Å²) in [5.74, 6) is 0.738. The average molecular weight is 355 g/mol. The minimum atomic E-state index is -3.54. The average Bonchev–Trinajstić information content (AvgIpc) is 2.62. The number of sulfonamides is 1. The van der Waals surface area contributed by atoms with Crippen LogP contribution in [0.4, 0.5) is 0 Å². The summed E-state index contributed by atoms with van der Waals surface area (Å²) in [6, 6.07) is 20.6. The quantitative estimate of drug-likeness (QED) is 0.675. The van der Waals surface area contributed by atoms with Crippen LogP contribution in [0.15, 0.2) is 71.6 Å². The number of rotatable bonds is 6. The Hall–Kier alpha value is -2.37. The van der Waals surface area contributed by atoms with Crippen molar-refractivity contribution < 1.29 is 13.2 Å². The van der Waals surface area contributed by atoms with E-state index in [1.54, 1.807) is 19.2 Å². The zero-order chi connectivity index (χ0) is 17.9. The van der Waals surface area contributed by atoms with Gasteiger partial charge in [0.25, 0.3) is 0 Å². The summed E-state index contributed by atoms with van der Waals surface area (Å²) in [7, 11) is -1.97. The largest absolute Gasteiger partial charge is 0.492 e. The fourth-order valence-electron chi connectivity index (χ4n) is 2.55. The molecule has 0 heterocycles. The van der Waals surface area contributed by atoms with Crippen LogP contribution in [-0.2, 0) is 10.0 Å². The molecule has 5 heteroatoms. The fourth-order valence-corrected chi connectivity index (χ4v) is 3.75. The number of benzene rings is 3. The van der Waals surface area contributed by atoms with Gasteiger partial charge in [0.15, 0.2) is 0 Å². The Balaban J connectivity index is 1.68. The fraction of sp³-hybridized carbons (Fsp3) is 0.200. The van der Waals surface area contributed by atoms with Gasteiger partial charge >= 0.3 is 0 Å². The van der Waals surface area contributed by atoms with Crippen LogP contribution >= 0.6 is 0 Å². The lowest BCUT2D eigenvalue weighted by atomic mass is 10.1. The molecule has 0 aliphatic rings. The molecule has 0 spiro atoms. The normalized spacial score (nSPS) is 11.8. The Morgan fingerprint density at radius 3 is 2.32 bits per heavy atom. The molecular formula is C20H21NO3S. The maximum atomic E-state index is 12.7. The second kappa shape index (κ2) is 7.25. The summed E-state index contributed by atoms with van der Waals surface area (Å²) in [4.78, 5) is 0.295. The molecule has 0 amide bonds. The summed E-state index contributed by atoms with van der Waals surface area (Å²) in [6.07, 6.45) is 0. The van der Waals surface area contributed by atoms with Crippen LogP contribution in [-0.4, -0.2) is 32.9 Å². The molecule has 0 aliphatic heterocycles. The van der Waals surface area contributed by atoms with E-state index in [1.165, 1.54) is 4.31 Å². The lowest BCUT2D eigenvalue weighted by Gasteiger charge is -2.18. The molecule has 0 atom stereocenters. The van der Waals surface area contributed by atoms with Crippen molar-refractivity contribution >= 4 is 20.8 Å². The van der Waals surface area contributed by atoms with E-state index in [-0.39, 0.29) is 6.54 Å². The highest BCUT2D eigenvalue weighted by Crippen LogP contribution is 2.21. The highest BCUT2D eigenvalue weighted by Gasteiger charge is 2.20. The Morgan fingerprint density at radius 2 is 1.60 bits per heavy atom. The summed E-state index contributed by atoms with van der Waals surface area (Å²) < 4.78 is 32.4. The van der Waals surface area contributed by atoms with Crippen LogP contribution in [0.25, 0.3) is 10.8 Å². The third kappa shape index (κ3) is 4.00. The second-order valence-corrected chi connectivity index (χ2v) is 8.04. The van der Waals surface area contributed by atoms with Crippen LogP contribution in [0.3, 0.4) is 0 Å². The molecule has 0 unspecified atom stereocenters. The minimum absolute atomic E-state index is 0.281. The van der Waals surface area contributed by atoms with E-state index in [0.29, 0.717) is 11.5 Å². The molecule has 0 fully saturated rings. The number of nitrogens with zero attached hydrogens (tertiary/aromatic N) is 1. The summed E-state index contributed by atoms with van der Waals surface area (Å²) in [6.45, 7) is 2.59. The Labute approximate surface area is 148 Å². The molecule has 0 saturated carbocycles. The van der Waals surface area contributed by atoms with Crippen LogP contribution in [0, 0.1) is 6.92 Å². The van der Waals surface area contributed by atoms with Crippen molar-refractivity contribution in [3.63, 3.8) is 0 Å². The van der Waals surface area contributed by atoms with Gasteiger partial charge in [0.1, 0.15) is 12.4 Å². The van der Waals surface area contributed by atoms with Gasteiger partial charge in [0.05, 0.1) is 4.90 Å². The summed E-state index contributed by atoms with van der Waals surface area (Å²) in [5, 5.41) is 1.93. The Kier molecular flexibility index (Phi) is 5.06. The van der Waals surface area contributed by atoms with Gasteiger partial charge in [0, 0.05) is 13.6 Å². The van der Waals surface area contributed by atoms with Crippen LogP contribution in [0.2, 0.25) is 0 Å². The van der Waals surface area contributed by atoms with E-state index >= 15 is 0 Å². The predicted molar refractivity (Wildman–Crippen MR) is 100 cm³/mol. The molecule has 3 rings (SSSR count). The first kappa shape index (κ1) is 17.5. The third-order valence-corrected chi connectivity index (χ3v) is 5.98. The molecule has 0 saturated heterocycles. The smallest absolute Gasteiger partial charge is 0.242 e. The van der Waals surface area contributed by atoms with Gasteiger partial charge in [-0.1, -0.05) is 48.0 Å². The highest BCUT2D eigenvalue weighted by atomic mass is 32.2. The van der Waals surface area contributed by atoms with Crippen LogP contribution in [0.1, 0.15) is 5.56 Å². The molecule has 0 N–H and O–H groups in total. The van der Waals surface area contributed by atoms with Crippen molar-refractivity contribution in [3.05, 3.63) is 72.3 Å². The SMILES string of the molecule is Cc1ccc(OCCN(C)S(=O)(=O)c2ccc3ccccc3c2)cc1. The van der Waals surface area contributed by atoms with E-state index in [9.17, 15) is 8.42 Å². The first-order chi connectivity index (χ1) is 12.0. The standard InChI is InChI=1S/C20H21NO3S/c1-16-7-10-19(11-8-16)24-14-13-21(2)25(22,23)20-12-9-17-5-3-4-6-18(17)15-20/h3-12,15H,13-14H2,1-2H3. The van der Waals surface area contributed by atoms with Crippen molar-refractivity contribution in [2.24, 2.45) is 0 Å². The first-order valence-electron chi connectivity index (χ1n) is 8.11. The summed E-state index contributed by atoms with van der Waals surface area (Å²) >= 11 is 0. The zero-order valence-corrected chi connectivity index (χ0v) is 15.2. The maximum Gasteiger partial charge on any atom is 0.242 e.